The first-order valence-corrected chi connectivity index (χ1v) is 9.05. The Morgan fingerprint density at radius 2 is 1.68 bits per heavy atom. The Hall–Kier alpha value is -1.95. The van der Waals surface area contributed by atoms with Crippen molar-refractivity contribution in [2.75, 3.05) is 27.3 Å². The van der Waals surface area contributed by atoms with Crippen molar-refractivity contribution >= 4 is 5.96 Å². The van der Waals surface area contributed by atoms with Gasteiger partial charge in [-0.1, -0.05) is 39.0 Å². The van der Waals surface area contributed by atoms with Gasteiger partial charge in [0.05, 0.1) is 26.9 Å². The number of hydrogen-bond acceptors (Lipinski definition) is 4. The summed E-state index contributed by atoms with van der Waals surface area (Å²) in [7, 11) is 3.15. The van der Waals surface area contributed by atoms with Gasteiger partial charge in [-0.3, -0.25) is 4.99 Å². The molecular weight excluding hydrogens is 318 g/mol. The molecule has 0 spiro atoms. The van der Waals surface area contributed by atoms with E-state index >= 15 is 0 Å². The number of ether oxygens (including phenoxy) is 2. The highest BCUT2D eigenvalue weighted by atomic mass is 16.5. The number of unbranched alkanes of at least 4 members (excludes halogenated alkanes) is 5. The van der Waals surface area contributed by atoms with E-state index in [9.17, 15) is 5.11 Å². The molecule has 0 saturated carbocycles. The number of nitrogens with two attached hydrogens (primary N) is 1. The van der Waals surface area contributed by atoms with E-state index in [1.54, 1.807) is 32.4 Å². The minimum Gasteiger partial charge on any atom is -0.497 e. The van der Waals surface area contributed by atoms with E-state index in [-0.39, 0.29) is 6.54 Å². The van der Waals surface area contributed by atoms with Crippen LogP contribution in [0.1, 0.15) is 57.1 Å². The number of nitrogens with zero attached hydrogens (tertiary/aromatic N) is 1. The van der Waals surface area contributed by atoms with Gasteiger partial charge in [0.25, 0.3) is 0 Å². The average Bonchev–Trinajstić information content (AvgIpc) is 2.64. The summed E-state index contributed by atoms with van der Waals surface area (Å²) in [5.41, 5.74) is 6.54. The van der Waals surface area contributed by atoms with Gasteiger partial charge in [-0.2, -0.15) is 0 Å². The Morgan fingerprint density at radius 1 is 1.08 bits per heavy atom. The van der Waals surface area contributed by atoms with E-state index < -0.39 is 6.10 Å². The zero-order chi connectivity index (χ0) is 18.5. The minimum atomic E-state index is -0.765. The predicted molar refractivity (Wildman–Crippen MR) is 102 cm³/mol. The van der Waals surface area contributed by atoms with Crippen LogP contribution >= 0.6 is 0 Å². The Morgan fingerprint density at radius 3 is 2.28 bits per heavy atom. The molecule has 1 unspecified atom stereocenters. The number of nitrogens with one attached hydrogen (secondary N) is 1. The number of hydrogen-bond donors (Lipinski definition) is 3. The van der Waals surface area contributed by atoms with Gasteiger partial charge in [0.1, 0.15) is 11.5 Å². The molecule has 1 aromatic rings. The van der Waals surface area contributed by atoms with Gasteiger partial charge in [0.15, 0.2) is 5.96 Å². The second kappa shape index (κ2) is 12.4. The first kappa shape index (κ1) is 21.1. The highest BCUT2D eigenvalue weighted by molar-refractivity contribution is 5.77. The molecule has 0 radical (unpaired) electrons. The number of benzene rings is 1. The molecule has 0 amide bonds. The van der Waals surface area contributed by atoms with Crippen molar-refractivity contribution in [1.82, 2.24) is 5.32 Å². The summed E-state index contributed by atoms with van der Waals surface area (Å²) in [6.45, 7) is 3.21. The molecule has 0 aliphatic carbocycles. The van der Waals surface area contributed by atoms with Crippen LogP contribution in [0.3, 0.4) is 0 Å². The van der Waals surface area contributed by atoms with Gasteiger partial charge in [0, 0.05) is 12.6 Å². The molecule has 4 N–H and O–H groups in total. The van der Waals surface area contributed by atoms with Crippen LogP contribution < -0.4 is 20.5 Å². The van der Waals surface area contributed by atoms with E-state index in [4.69, 9.17) is 15.2 Å². The summed E-state index contributed by atoms with van der Waals surface area (Å²) in [5.74, 6) is 1.63. The Bertz CT molecular complexity index is 498. The molecule has 0 heterocycles. The average molecular weight is 351 g/mol. The summed E-state index contributed by atoms with van der Waals surface area (Å²) in [4.78, 5) is 4.21. The standard InChI is InChI=1S/C19H33N3O3/c1-4-5-6-7-8-9-10-21-19(20)22-14-18(23)15-11-16(24-2)13-17(12-15)25-3/h11-13,18,23H,4-10,14H2,1-3H3,(H3,20,21,22). The summed E-state index contributed by atoms with van der Waals surface area (Å²) < 4.78 is 10.4. The van der Waals surface area contributed by atoms with Crippen molar-refractivity contribution in [3.63, 3.8) is 0 Å². The van der Waals surface area contributed by atoms with Crippen molar-refractivity contribution in [3.05, 3.63) is 23.8 Å². The first-order chi connectivity index (χ1) is 12.1. The predicted octanol–water partition coefficient (Wildman–Crippen LogP) is 3.00. The largest absolute Gasteiger partial charge is 0.497 e. The van der Waals surface area contributed by atoms with Crippen LogP contribution in [0.15, 0.2) is 23.2 Å². The molecule has 1 rings (SSSR count). The summed E-state index contributed by atoms with van der Waals surface area (Å²) in [5, 5.41) is 13.4. The lowest BCUT2D eigenvalue weighted by atomic mass is 10.1. The summed E-state index contributed by atoms with van der Waals surface area (Å²) in [6.07, 6.45) is 6.66. The Labute approximate surface area is 151 Å². The number of guanidine groups is 1. The molecule has 25 heavy (non-hydrogen) atoms. The zero-order valence-corrected chi connectivity index (χ0v) is 15.8. The molecule has 0 aromatic heterocycles. The molecule has 0 saturated heterocycles. The third-order valence-electron chi connectivity index (χ3n) is 4.03. The fraction of sp³-hybridized carbons (Fsp3) is 0.632. The molecule has 1 aromatic carbocycles. The Balaban J connectivity index is 2.38. The number of aliphatic hydroxyl groups is 1. The van der Waals surface area contributed by atoms with Crippen molar-refractivity contribution < 1.29 is 14.6 Å². The van der Waals surface area contributed by atoms with Gasteiger partial charge in [-0.05, 0) is 24.1 Å². The molecule has 6 nitrogen and oxygen atoms in total. The maximum Gasteiger partial charge on any atom is 0.188 e. The summed E-state index contributed by atoms with van der Waals surface area (Å²) in [6, 6.07) is 5.29. The van der Waals surface area contributed by atoms with Crippen LogP contribution in [0, 0.1) is 0 Å². The lowest BCUT2D eigenvalue weighted by molar-refractivity contribution is 0.186. The fourth-order valence-electron chi connectivity index (χ4n) is 2.49. The van der Waals surface area contributed by atoms with E-state index in [2.05, 4.69) is 17.2 Å². The van der Waals surface area contributed by atoms with Gasteiger partial charge in [0.2, 0.25) is 0 Å². The summed E-state index contributed by atoms with van der Waals surface area (Å²) >= 11 is 0. The maximum absolute atomic E-state index is 10.3. The van der Waals surface area contributed by atoms with Crippen LogP contribution in [0.25, 0.3) is 0 Å². The normalized spacial score (nSPS) is 12.7. The van der Waals surface area contributed by atoms with Crippen LogP contribution in [-0.2, 0) is 0 Å². The van der Waals surface area contributed by atoms with Crippen LogP contribution in [0.4, 0.5) is 0 Å². The van der Waals surface area contributed by atoms with Gasteiger partial charge >= 0.3 is 0 Å². The number of aliphatic imine (C=N–C) groups is 1. The lowest BCUT2D eigenvalue weighted by Crippen LogP contribution is -2.32. The van der Waals surface area contributed by atoms with Gasteiger partial charge < -0.3 is 25.6 Å². The van der Waals surface area contributed by atoms with Gasteiger partial charge in [-0.15, -0.1) is 0 Å². The van der Waals surface area contributed by atoms with Crippen molar-refractivity contribution in [3.8, 4) is 11.5 Å². The smallest absolute Gasteiger partial charge is 0.188 e. The SMILES string of the molecule is CCCCCCCCNC(N)=NCC(O)c1cc(OC)cc(OC)c1. The fourth-order valence-corrected chi connectivity index (χ4v) is 2.49. The molecule has 6 heteroatoms. The quantitative estimate of drug-likeness (QED) is 0.306. The highest BCUT2D eigenvalue weighted by Gasteiger charge is 2.11. The number of rotatable bonds is 12. The molecular formula is C19H33N3O3. The third kappa shape index (κ3) is 8.63. The molecule has 1 atom stereocenters. The minimum absolute atomic E-state index is 0.186. The molecule has 0 fully saturated rings. The van der Waals surface area contributed by atoms with Gasteiger partial charge in [-0.25, -0.2) is 0 Å². The van der Waals surface area contributed by atoms with Crippen LogP contribution in [0.2, 0.25) is 0 Å². The van der Waals surface area contributed by atoms with Crippen LogP contribution in [-0.4, -0.2) is 38.4 Å². The van der Waals surface area contributed by atoms with Crippen molar-refractivity contribution in [1.29, 1.82) is 0 Å². The zero-order valence-electron chi connectivity index (χ0n) is 15.8. The van der Waals surface area contributed by atoms with Crippen molar-refractivity contribution in [2.24, 2.45) is 10.7 Å². The third-order valence-corrected chi connectivity index (χ3v) is 4.03. The second-order valence-electron chi connectivity index (χ2n) is 6.08. The van der Waals surface area contributed by atoms with E-state index in [0.717, 1.165) is 13.0 Å². The molecule has 0 aliphatic rings. The first-order valence-electron chi connectivity index (χ1n) is 9.05. The maximum atomic E-state index is 10.3. The van der Waals surface area contributed by atoms with Crippen molar-refractivity contribution in [2.45, 2.75) is 51.6 Å². The van der Waals surface area contributed by atoms with E-state index in [1.807, 2.05) is 0 Å². The highest BCUT2D eigenvalue weighted by Crippen LogP contribution is 2.26. The van der Waals surface area contributed by atoms with E-state index in [0.29, 0.717) is 23.0 Å². The topological polar surface area (TPSA) is 89.1 Å². The monoisotopic (exact) mass is 351 g/mol. The molecule has 0 aliphatic heterocycles. The van der Waals surface area contributed by atoms with Crippen LogP contribution in [0.5, 0.6) is 11.5 Å². The van der Waals surface area contributed by atoms with E-state index in [1.165, 1.54) is 32.1 Å². The lowest BCUT2D eigenvalue weighted by Gasteiger charge is -2.13. The molecule has 142 valence electrons. The Kier molecular flexibility index (Phi) is 10.5. The second-order valence-corrected chi connectivity index (χ2v) is 6.08. The number of methoxy groups -OCH3 is 2. The number of aliphatic hydroxyl groups excluding tert-OH is 1. The molecule has 0 bridgehead atoms.